The van der Waals surface area contributed by atoms with Crippen molar-refractivity contribution < 1.29 is 4.21 Å². The van der Waals surface area contributed by atoms with Crippen LogP contribution in [-0.4, -0.2) is 52.9 Å². The van der Waals surface area contributed by atoms with Gasteiger partial charge in [-0.25, -0.2) is 0 Å². The number of nitrogens with one attached hydrogen (secondary N) is 2. The highest BCUT2D eigenvalue weighted by Gasteiger charge is 2.24. The lowest BCUT2D eigenvalue weighted by atomic mass is 10.3. The zero-order chi connectivity index (χ0) is 19.2. The molecule has 146 valence electrons. The Morgan fingerprint density at radius 2 is 2.12 bits per heavy atom. The van der Waals surface area contributed by atoms with Crippen LogP contribution in [0, 0.1) is 0 Å². The molecule has 0 amide bonds. The van der Waals surface area contributed by atoms with E-state index >= 15 is 0 Å². The zero-order valence-corrected chi connectivity index (χ0v) is 18.6. The standard InChI is InChI=1S/C19H31BrN4OS/c1-5-21-18(22-11-13-26(25)19(2,3)4)23-15-10-12-24(14-15)17-9-7-6-8-16(17)20/h6-9,15H,5,10-14H2,1-4H3,(H2,21,22,23). The summed E-state index contributed by atoms with van der Waals surface area (Å²) in [6, 6.07) is 8.69. The van der Waals surface area contributed by atoms with Gasteiger partial charge in [-0.2, -0.15) is 0 Å². The molecule has 2 rings (SSSR count). The number of rotatable bonds is 6. The Balaban J connectivity index is 1.91. The molecule has 0 spiro atoms. The van der Waals surface area contributed by atoms with Crippen LogP contribution in [0.3, 0.4) is 0 Å². The van der Waals surface area contributed by atoms with Gasteiger partial charge in [-0.15, -0.1) is 0 Å². The van der Waals surface area contributed by atoms with E-state index < -0.39 is 10.8 Å². The fourth-order valence-corrected chi connectivity index (χ4v) is 4.27. The molecule has 2 unspecified atom stereocenters. The first-order valence-electron chi connectivity index (χ1n) is 9.24. The van der Waals surface area contributed by atoms with Crippen LogP contribution in [0.4, 0.5) is 5.69 Å². The smallest absolute Gasteiger partial charge is 0.191 e. The Kier molecular flexibility index (Phi) is 7.95. The summed E-state index contributed by atoms with van der Waals surface area (Å²) in [6.45, 7) is 11.4. The Morgan fingerprint density at radius 1 is 1.38 bits per heavy atom. The second-order valence-electron chi connectivity index (χ2n) is 7.45. The third-order valence-electron chi connectivity index (χ3n) is 4.30. The van der Waals surface area contributed by atoms with E-state index in [4.69, 9.17) is 0 Å². The monoisotopic (exact) mass is 442 g/mol. The van der Waals surface area contributed by atoms with E-state index in [1.165, 1.54) is 5.69 Å². The van der Waals surface area contributed by atoms with Crippen molar-refractivity contribution in [3.05, 3.63) is 28.7 Å². The maximum Gasteiger partial charge on any atom is 0.191 e. The van der Waals surface area contributed by atoms with E-state index in [2.05, 4.69) is 61.6 Å². The highest BCUT2D eigenvalue weighted by atomic mass is 79.9. The lowest BCUT2D eigenvalue weighted by molar-refractivity contribution is 0.644. The molecule has 26 heavy (non-hydrogen) atoms. The quantitative estimate of drug-likeness (QED) is 0.524. The number of anilines is 1. The Labute approximate surface area is 168 Å². The average molecular weight is 443 g/mol. The highest BCUT2D eigenvalue weighted by Crippen LogP contribution is 2.28. The first-order valence-corrected chi connectivity index (χ1v) is 11.3. The van der Waals surface area contributed by atoms with E-state index in [0.717, 1.165) is 36.5 Å². The van der Waals surface area contributed by atoms with Crippen molar-refractivity contribution in [1.29, 1.82) is 0 Å². The van der Waals surface area contributed by atoms with Gasteiger partial charge in [0.05, 0.1) is 12.2 Å². The third kappa shape index (κ3) is 6.27. The van der Waals surface area contributed by atoms with Crippen LogP contribution in [0.2, 0.25) is 0 Å². The van der Waals surface area contributed by atoms with E-state index in [0.29, 0.717) is 18.3 Å². The molecule has 7 heteroatoms. The zero-order valence-electron chi connectivity index (χ0n) is 16.2. The van der Waals surface area contributed by atoms with Crippen molar-refractivity contribution in [2.45, 2.75) is 44.9 Å². The van der Waals surface area contributed by atoms with Crippen LogP contribution in [-0.2, 0) is 10.8 Å². The third-order valence-corrected chi connectivity index (χ3v) is 6.89. The van der Waals surface area contributed by atoms with E-state index in [1.54, 1.807) is 0 Å². The highest BCUT2D eigenvalue weighted by molar-refractivity contribution is 9.10. The fraction of sp³-hybridized carbons (Fsp3) is 0.632. The van der Waals surface area contributed by atoms with E-state index in [-0.39, 0.29) is 4.75 Å². The van der Waals surface area contributed by atoms with E-state index in [9.17, 15) is 4.21 Å². The van der Waals surface area contributed by atoms with Gasteiger partial charge in [0.15, 0.2) is 5.96 Å². The second-order valence-corrected chi connectivity index (χ2v) is 10.6. The first kappa shape index (κ1) is 21.2. The first-order chi connectivity index (χ1) is 12.3. The predicted molar refractivity (Wildman–Crippen MR) is 117 cm³/mol. The van der Waals surface area contributed by atoms with Crippen molar-refractivity contribution >= 4 is 38.4 Å². The number of guanidine groups is 1. The molecule has 0 saturated carbocycles. The predicted octanol–water partition coefficient (Wildman–Crippen LogP) is 3.13. The summed E-state index contributed by atoms with van der Waals surface area (Å²) in [7, 11) is -0.871. The number of halogens is 1. The molecule has 1 aromatic rings. The van der Waals surface area contributed by atoms with Gasteiger partial charge in [-0.1, -0.05) is 12.1 Å². The molecule has 0 bridgehead atoms. The van der Waals surface area contributed by atoms with Gasteiger partial charge >= 0.3 is 0 Å². The van der Waals surface area contributed by atoms with Crippen molar-refractivity contribution in [3.8, 4) is 0 Å². The largest absolute Gasteiger partial charge is 0.368 e. The van der Waals surface area contributed by atoms with Gasteiger partial charge in [0, 0.05) is 51.4 Å². The van der Waals surface area contributed by atoms with Gasteiger partial charge in [-0.05, 0) is 62.2 Å². The SMILES string of the molecule is CCNC(=NCCS(=O)C(C)(C)C)NC1CCN(c2ccccc2Br)C1. The van der Waals surface area contributed by atoms with Crippen LogP contribution in [0.1, 0.15) is 34.1 Å². The molecule has 1 aromatic carbocycles. The summed E-state index contributed by atoms with van der Waals surface area (Å²) in [6.07, 6.45) is 1.07. The maximum atomic E-state index is 12.2. The Hall–Kier alpha value is -1.08. The van der Waals surface area contributed by atoms with Crippen molar-refractivity contribution in [1.82, 2.24) is 10.6 Å². The molecule has 0 aliphatic carbocycles. The van der Waals surface area contributed by atoms with Gasteiger partial charge in [-0.3, -0.25) is 9.20 Å². The summed E-state index contributed by atoms with van der Waals surface area (Å²) >= 11 is 3.64. The molecule has 2 N–H and O–H groups in total. The summed E-state index contributed by atoms with van der Waals surface area (Å²) in [5.41, 5.74) is 1.24. The van der Waals surface area contributed by atoms with Crippen LogP contribution in [0.25, 0.3) is 0 Å². The van der Waals surface area contributed by atoms with Crippen LogP contribution < -0.4 is 15.5 Å². The number of para-hydroxylation sites is 1. The topological polar surface area (TPSA) is 56.7 Å². The molecule has 1 aliphatic heterocycles. The van der Waals surface area contributed by atoms with Crippen LogP contribution >= 0.6 is 15.9 Å². The number of hydrogen-bond acceptors (Lipinski definition) is 3. The number of aliphatic imine (C=N–C) groups is 1. The lowest BCUT2D eigenvalue weighted by Crippen LogP contribution is -2.45. The average Bonchev–Trinajstić information content (AvgIpc) is 3.02. The van der Waals surface area contributed by atoms with Crippen molar-refractivity contribution in [2.75, 3.05) is 36.8 Å². The molecular formula is C19H31BrN4OS. The molecule has 5 nitrogen and oxygen atoms in total. The molecule has 1 fully saturated rings. The summed E-state index contributed by atoms with van der Waals surface area (Å²) in [4.78, 5) is 7.01. The summed E-state index contributed by atoms with van der Waals surface area (Å²) in [5.74, 6) is 1.41. The minimum atomic E-state index is -0.871. The molecule has 1 aliphatic rings. The minimum Gasteiger partial charge on any atom is -0.368 e. The minimum absolute atomic E-state index is 0.184. The van der Waals surface area contributed by atoms with Gasteiger partial charge < -0.3 is 15.5 Å². The van der Waals surface area contributed by atoms with Crippen molar-refractivity contribution in [3.63, 3.8) is 0 Å². The van der Waals surface area contributed by atoms with E-state index in [1.807, 2.05) is 26.8 Å². The van der Waals surface area contributed by atoms with Gasteiger partial charge in [0.2, 0.25) is 0 Å². The normalized spacial score (nSPS) is 19.5. The number of hydrogen-bond donors (Lipinski definition) is 2. The molecule has 1 saturated heterocycles. The molecule has 0 radical (unpaired) electrons. The molecule has 2 atom stereocenters. The second kappa shape index (κ2) is 9.74. The number of benzene rings is 1. The Morgan fingerprint density at radius 3 is 2.77 bits per heavy atom. The Bertz CT molecular complexity index is 645. The summed E-state index contributed by atoms with van der Waals surface area (Å²) < 4.78 is 13.1. The lowest BCUT2D eigenvalue weighted by Gasteiger charge is -2.21. The van der Waals surface area contributed by atoms with Gasteiger partial charge in [0.25, 0.3) is 0 Å². The molecular weight excluding hydrogens is 412 g/mol. The fourth-order valence-electron chi connectivity index (χ4n) is 2.86. The molecule has 0 aromatic heterocycles. The maximum absolute atomic E-state index is 12.2. The summed E-state index contributed by atoms with van der Waals surface area (Å²) in [5, 5.41) is 6.83. The molecule has 1 heterocycles. The van der Waals surface area contributed by atoms with Crippen LogP contribution in [0.5, 0.6) is 0 Å². The van der Waals surface area contributed by atoms with Crippen LogP contribution in [0.15, 0.2) is 33.7 Å². The number of nitrogens with zero attached hydrogens (tertiary/aromatic N) is 2. The van der Waals surface area contributed by atoms with Gasteiger partial charge in [0.1, 0.15) is 0 Å². The van der Waals surface area contributed by atoms with Crippen molar-refractivity contribution in [2.24, 2.45) is 4.99 Å².